The van der Waals surface area contributed by atoms with E-state index in [1.807, 2.05) is 25.1 Å². The molecule has 2 aromatic carbocycles. The van der Waals surface area contributed by atoms with Crippen molar-refractivity contribution in [3.8, 4) is 0 Å². The van der Waals surface area contributed by atoms with Crippen molar-refractivity contribution in [3.05, 3.63) is 66.2 Å². The van der Waals surface area contributed by atoms with Crippen molar-refractivity contribution in [3.63, 3.8) is 0 Å². The standard InChI is InChI=1S/C30H38N8O5S2/c1-4-6-14-32-30(41)36(15-5-2)37-19-26(39)38-23(16-20-10-12-22(13-11-20)34-45(3,42)43)28(40)35(18-25(37)38)17-21-8-7-9-24-27(21)33-29(31)44-24/h5,7-13,23,25,34H,2,4,6,14-19H2,1,3H3,(H2,31,33)(H,32,41)/t23-,25+/m0/s1. The van der Waals surface area contributed by atoms with Crippen LogP contribution in [-0.2, 0) is 32.6 Å². The van der Waals surface area contributed by atoms with Crippen LogP contribution in [0.4, 0.5) is 15.6 Å². The number of carbonyl (C=O) groups is 3. The molecule has 2 atom stereocenters. The first kappa shape index (κ1) is 32.2. The Kier molecular flexibility index (Phi) is 9.60. The number of nitrogens with one attached hydrogen (secondary N) is 2. The lowest BCUT2D eigenvalue weighted by Gasteiger charge is -2.46. The van der Waals surface area contributed by atoms with Gasteiger partial charge >= 0.3 is 6.03 Å². The molecule has 2 fully saturated rings. The first-order valence-electron chi connectivity index (χ1n) is 14.7. The SMILES string of the molecule is C=CCN(C(=O)NCCCC)N1CC(=O)N2[C@@H](Cc3ccc(NS(C)(=O)=O)cc3)C(=O)N(Cc3cccc4sc(N)nc34)C[C@@H]21. The highest BCUT2D eigenvalue weighted by Gasteiger charge is 2.52. The Balaban J connectivity index is 1.48. The number of amides is 4. The van der Waals surface area contributed by atoms with Crippen LogP contribution in [0.15, 0.2) is 55.1 Å². The largest absolute Gasteiger partial charge is 0.375 e. The Bertz CT molecular complexity index is 1690. The van der Waals surface area contributed by atoms with Gasteiger partial charge in [-0.3, -0.25) is 19.3 Å². The topological polar surface area (TPSA) is 161 Å². The van der Waals surface area contributed by atoms with Crippen LogP contribution < -0.4 is 15.8 Å². The molecule has 3 heterocycles. The van der Waals surface area contributed by atoms with E-state index in [2.05, 4.69) is 21.6 Å². The molecule has 0 unspecified atom stereocenters. The number of rotatable bonds is 12. The summed E-state index contributed by atoms with van der Waals surface area (Å²) in [6.45, 7) is 6.87. The maximum Gasteiger partial charge on any atom is 0.332 e. The Labute approximate surface area is 266 Å². The van der Waals surface area contributed by atoms with Crippen LogP contribution in [0.1, 0.15) is 30.9 Å². The normalized spacial score (nSPS) is 18.7. The van der Waals surface area contributed by atoms with Crippen LogP contribution >= 0.6 is 11.3 Å². The van der Waals surface area contributed by atoms with Gasteiger partial charge in [0.25, 0.3) is 0 Å². The van der Waals surface area contributed by atoms with Gasteiger partial charge < -0.3 is 20.9 Å². The summed E-state index contributed by atoms with van der Waals surface area (Å²) in [6.07, 6.45) is 4.00. The highest BCUT2D eigenvalue weighted by atomic mass is 32.2. The minimum absolute atomic E-state index is 0.0766. The van der Waals surface area contributed by atoms with Gasteiger partial charge in [-0.2, -0.15) is 5.01 Å². The van der Waals surface area contributed by atoms with Crippen LogP contribution in [-0.4, -0.2) is 95.7 Å². The third kappa shape index (κ3) is 7.21. The maximum absolute atomic E-state index is 14.2. The van der Waals surface area contributed by atoms with Crippen molar-refractivity contribution in [2.75, 3.05) is 42.9 Å². The predicted molar refractivity (Wildman–Crippen MR) is 174 cm³/mol. The molecule has 13 nitrogen and oxygen atoms in total. The number of para-hydroxylation sites is 1. The summed E-state index contributed by atoms with van der Waals surface area (Å²) in [4.78, 5) is 48.9. The maximum atomic E-state index is 14.2. The highest BCUT2D eigenvalue weighted by molar-refractivity contribution is 7.92. The number of hydrogen-bond acceptors (Lipinski definition) is 9. The highest BCUT2D eigenvalue weighted by Crippen LogP contribution is 2.32. The molecule has 4 N–H and O–H groups in total. The molecule has 0 saturated carbocycles. The van der Waals surface area contributed by atoms with Gasteiger partial charge in [0, 0.05) is 25.2 Å². The molecular formula is C30H38N8O5S2. The van der Waals surface area contributed by atoms with E-state index in [0.29, 0.717) is 17.4 Å². The van der Waals surface area contributed by atoms with Crippen molar-refractivity contribution >= 4 is 60.2 Å². The quantitative estimate of drug-likeness (QED) is 0.198. The second-order valence-electron chi connectivity index (χ2n) is 11.2. The number of hydrazine groups is 1. The van der Waals surface area contributed by atoms with E-state index in [0.717, 1.165) is 40.4 Å². The zero-order chi connectivity index (χ0) is 32.3. The summed E-state index contributed by atoms with van der Waals surface area (Å²) in [6, 6.07) is 11.3. The van der Waals surface area contributed by atoms with E-state index in [1.165, 1.54) is 16.3 Å². The first-order valence-corrected chi connectivity index (χ1v) is 17.4. The van der Waals surface area contributed by atoms with E-state index >= 15 is 0 Å². The Morgan fingerprint density at radius 1 is 1.22 bits per heavy atom. The summed E-state index contributed by atoms with van der Waals surface area (Å²) < 4.78 is 26.7. The van der Waals surface area contributed by atoms with Crippen LogP contribution in [0, 0.1) is 0 Å². The minimum Gasteiger partial charge on any atom is -0.375 e. The number of aromatic nitrogens is 1. The Hall–Kier alpha value is -4.21. The second kappa shape index (κ2) is 13.4. The number of nitrogens with two attached hydrogens (primary N) is 1. The fourth-order valence-electron chi connectivity index (χ4n) is 5.78. The fraction of sp³-hybridized carbons (Fsp3) is 0.400. The van der Waals surface area contributed by atoms with Crippen LogP contribution in [0.25, 0.3) is 10.2 Å². The zero-order valence-electron chi connectivity index (χ0n) is 25.3. The molecule has 15 heteroatoms. The molecule has 0 bridgehead atoms. The number of sulfonamides is 1. The second-order valence-corrected chi connectivity index (χ2v) is 14.0. The molecule has 2 aliphatic rings. The smallest absolute Gasteiger partial charge is 0.332 e. The molecule has 2 aliphatic heterocycles. The molecule has 1 aromatic heterocycles. The van der Waals surface area contributed by atoms with E-state index in [1.54, 1.807) is 45.2 Å². The Morgan fingerprint density at radius 2 is 1.98 bits per heavy atom. The molecule has 3 aromatic rings. The number of fused-ring (bicyclic) bond motifs is 2. The number of thiazole rings is 1. The van der Waals surface area contributed by atoms with Gasteiger partial charge in [-0.05, 0) is 35.7 Å². The number of urea groups is 1. The summed E-state index contributed by atoms with van der Waals surface area (Å²) in [5.41, 5.74) is 8.69. The number of hydrogen-bond donors (Lipinski definition) is 3. The molecule has 0 aliphatic carbocycles. The van der Waals surface area contributed by atoms with Gasteiger partial charge in [0.2, 0.25) is 21.8 Å². The summed E-state index contributed by atoms with van der Waals surface area (Å²) in [5.74, 6) is -0.499. The van der Waals surface area contributed by atoms with Crippen LogP contribution in [0.2, 0.25) is 0 Å². The van der Waals surface area contributed by atoms with Gasteiger partial charge in [0.1, 0.15) is 12.2 Å². The molecular weight excluding hydrogens is 617 g/mol. The zero-order valence-corrected chi connectivity index (χ0v) is 26.9. The van der Waals surface area contributed by atoms with Gasteiger partial charge in [-0.1, -0.05) is 55.0 Å². The van der Waals surface area contributed by atoms with Crippen molar-refractivity contribution in [2.45, 2.75) is 44.9 Å². The molecule has 4 amide bonds. The predicted octanol–water partition coefficient (Wildman–Crippen LogP) is 2.59. The van der Waals surface area contributed by atoms with E-state index in [-0.39, 0.29) is 50.4 Å². The Morgan fingerprint density at radius 3 is 2.67 bits per heavy atom. The minimum atomic E-state index is -3.46. The number of benzene rings is 2. The molecule has 5 rings (SSSR count). The number of carbonyl (C=O) groups excluding carboxylic acids is 3. The number of nitrogens with zero attached hydrogens (tertiary/aromatic N) is 5. The number of unbranched alkanes of at least 4 members (excludes halogenated alkanes) is 1. The summed E-state index contributed by atoms with van der Waals surface area (Å²) >= 11 is 1.37. The monoisotopic (exact) mass is 654 g/mol. The molecule has 45 heavy (non-hydrogen) atoms. The molecule has 0 radical (unpaired) electrons. The molecule has 0 spiro atoms. The summed E-state index contributed by atoms with van der Waals surface area (Å²) in [5, 5.41) is 6.57. The van der Waals surface area contributed by atoms with Gasteiger partial charge in [-0.25, -0.2) is 18.2 Å². The third-order valence-corrected chi connectivity index (χ3v) is 9.24. The average Bonchev–Trinajstić information content (AvgIpc) is 3.53. The lowest BCUT2D eigenvalue weighted by molar-refractivity contribution is -0.157. The third-order valence-electron chi connectivity index (χ3n) is 7.79. The van der Waals surface area contributed by atoms with E-state index < -0.39 is 22.2 Å². The summed E-state index contributed by atoms with van der Waals surface area (Å²) in [7, 11) is -3.46. The van der Waals surface area contributed by atoms with Crippen molar-refractivity contribution < 1.29 is 22.8 Å². The molecule has 240 valence electrons. The van der Waals surface area contributed by atoms with Gasteiger partial charge in [0.15, 0.2) is 5.13 Å². The van der Waals surface area contributed by atoms with Gasteiger partial charge in [0.05, 0.1) is 36.1 Å². The average molecular weight is 655 g/mol. The first-order chi connectivity index (χ1) is 21.5. The number of piperazine rings is 1. The lowest BCUT2D eigenvalue weighted by atomic mass is 9.99. The molecule has 2 saturated heterocycles. The van der Waals surface area contributed by atoms with Crippen LogP contribution in [0.3, 0.4) is 0 Å². The van der Waals surface area contributed by atoms with Gasteiger partial charge in [-0.15, -0.1) is 6.58 Å². The van der Waals surface area contributed by atoms with E-state index in [4.69, 9.17) is 5.73 Å². The van der Waals surface area contributed by atoms with Crippen molar-refractivity contribution in [1.82, 2.24) is 30.1 Å². The van der Waals surface area contributed by atoms with Crippen molar-refractivity contribution in [1.29, 1.82) is 0 Å². The lowest BCUT2D eigenvalue weighted by Crippen LogP contribution is -2.66. The number of anilines is 2. The van der Waals surface area contributed by atoms with E-state index in [9.17, 15) is 22.8 Å². The fourth-order valence-corrected chi connectivity index (χ4v) is 7.13. The van der Waals surface area contributed by atoms with Crippen molar-refractivity contribution in [2.24, 2.45) is 0 Å². The number of nitrogen functional groups attached to an aromatic ring is 1. The van der Waals surface area contributed by atoms with Crippen LogP contribution in [0.5, 0.6) is 0 Å².